The molecule has 9 nitrogen and oxygen atoms in total. The molecular formula is C19H29N5O4S. The summed E-state index contributed by atoms with van der Waals surface area (Å²) in [6.07, 6.45) is 7.51. The molecule has 2 aliphatic heterocycles. The highest BCUT2D eigenvalue weighted by atomic mass is 32.2. The first-order chi connectivity index (χ1) is 13.7. The minimum atomic E-state index is -3.41. The minimum absolute atomic E-state index is 0.0129. The number of carbonyl (C=O) groups is 2. The van der Waals surface area contributed by atoms with Crippen molar-refractivity contribution in [1.82, 2.24) is 24.5 Å². The van der Waals surface area contributed by atoms with Gasteiger partial charge in [0.15, 0.2) is 0 Å². The first-order valence-corrected chi connectivity index (χ1v) is 12.0. The Morgan fingerprint density at radius 2 is 1.83 bits per heavy atom. The van der Waals surface area contributed by atoms with E-state index in [0.717, 1.165) is 51.4 Å². The summed E-state index contributed by atoms with van der Waals surface area (Å²) >= 11 is 0. The van der Waals surface area contributed by atoms with Gasteiger partial charge >= 0.3 is 0 Å². The van der Waals surface area contributed by atoms with Gasteiger partial charge in [0.2, 0.25) is 15.9 Å². The van der Waals surface area contributed by atoms with Gasteiger partial charge in [-0.1, -0.05) is 0 Å². The summed E-state index contributed by atoms with van der Waals surface area (Å²) in [7, 11) is -3.41. The van der Waals surface area contributed by atoms with E-state index in [2.05, 4.69) is 14.7 Å². The Hall–Kier alpha value is -2.07. The fourth-order valence-corrected chi connectivity index (χ4v) is 4.26. The Morgan fingerprint density at radius 1 is 1.14 bits per heavy atom. The molecule has 3 rings (SSSR count). The van der Waals surface area contributed by atoms with E-state index in [1.54, 1.807) is 11.1 Å². The van der Waals surface area contributed by atoms with Gasteiger partial charge in [-0.05, 0) is 39.0 Å². The van der Waals surface area contributed by atoms with Crippen molar-refractivity contribution in [2.75, 3.05) is 39.0 Å². The molecule has 0 unspecified atom stereocenters. The Labute approximate surface area is 171 Å². The van der Waals surface area contributed by atoms with Crippen LogP contribution in [0.5, 0.6) is 0 Å². The second-order valence-corrected chi connectivity index (χ2v) is 9.69. The normalized spacial score (nSPS) is 20.6. The first kappa shape index (κ1) is 21.6. The molecule has 2 saturated heterocycles. The highest BCUT2D eigenvalue weighted by molar-refractivity contribution is 7.88. The zero-order chi connectivity index (χ0) is 21.0. The topological polar surface area (TPSA) is 113 Å². The van der Waals surface area contributed by atoms with E-state index in [-0.39, 0.29) is 24.3 Å². The van der Waals surface area contributed by atoms with Gasteiger partial charge in [-0.3, -0.25) is 9.59 Å². The number of nitrogens with zero attached hydrogens (tertiary/aromatic N) is 4. The van der Waals surface area contributed by atoms with Gasteiger partial charge in [-0.15, -0.1) is 0 Å². The van der Waals surface area contributed by atoms with Crippen molar-refractivity contribution in [3.05, 3.63) is 23.3 Å². The number of rotatable bonds is 5. The van der Waals surface area contributed by atoms with Crippen molar-refractivity contribution in [1.29, 1.82) is 0 Å². The third-order valence-electron chi connectivity index (χ3n) is 5.50. The number of carbonyl (C=O) groups excluding carboxylic acids is 2. The van der Waals surface area contributed by atoms with E-state index >= 15 is 0 Å². The quantitative estimate of drug-likeness (QED) is 0.745. The van der Waals surface area contributed by atoms with Gasteiger partial charge in [0, 0.05) is 38.3 Å². The van der Waals surface area contributed by atoms with Crippen LogP contribution in [0.25, 0.3) is 0 Å². The molecule has 0 saturated carbocycles. The van der Waals surface area contributed by atoms with Crippen LogP contribution >= 0.6 is 0 Å². The van der Waals surface area contributed by atoms with Crippen LogP contribution in [0.3, 0.4) is 0 Å². The van der Waals surface area contributed by atoms with Gasteiger partial charge in [-0.2, -0.15) is 0 Å². The van der Waals surface area contributed by atoms with Crippen LogP contribution in [0.2, 0.25) is 0 Å². The summed E-state index contributed by atoms with van der Waals surface area (Å²) in [5.74, 6) is 0.338. The molecular weight excluding hydrogens is 394 g/mol. The SMILES string of the molecule is Cc1nc([C@H]2CCCN(C(=O)CNS(C)(=O)=O)C2)ncc1C(=O)N1CCCCC1. The summed E-state index contributed by atoms with van der Waals surface area (Å²) in [5, 5.41) is 0. The molecule has 29 heavy (non-hydrogen) atoms. The van der Waals surface area contributed by atoms with Gasteiger partial charge in [0.25, 0.3) is 5.91 Å². The van der Waals surface area contributed by atoms with Gasteiger partial charge in [-0.25, -0.2) is 23.1 Å². The Bertz CT molecular complexity index is 867. The number of amides is 2. The van der Waals surface area contributed by atoms with E-state index in [4.69, 9.17) is 0 Å². The third-order valence-corrected chi connectivity index (χ3v) is 6.17. The average Bonchev–Trinajstić information content (AvgIpc) is 2.71. The number of sulfonamides is 1. The molecule has 0 bridgehead atoms. The van der Waals surface area contributed by atoms with E-state index in [1.807, 2.05) is 11.8 Å². The summed E-state index contributed by atoms with van der Waals surface area (Å²) < 4.78 is 24.7. The molecule has 2 amide bonds. The van der Waals surface area contributed by atoms with Crippen LogP contribution in [-0.4, -0.2) is 79.0 Å². The third kappa shape index (κ3) is 5.72. The fraction of sp³-hybridized carbons (Fsp3) is 0.684. The second kappa shape index (κ2) is 9.17. The van der Waals surface area contributed by atoms with Crippen molar-refractivity contribution in [3.8, 4) is 0 Å². The summed E-state index contributed by atoms with van der Waals surface area (Å²) in [6, 6.07) is 0. The van der Waals surface area contributed by atoms with Crippen LogP contribution < -0.4 is 4.72 Å². The number of hydrogen-bond donors (Lipinski definition) is 1. The molecule has 1 atom stereocenters. The van der Waals surface area contributed by atoms with E-state index in [1.165, 1.54) is 0 Å². The predicted molar refractivity (Wildman–Crippen MR) is 108 cm³/mol. The molecule has 0 aliphatic carbocycles. The lowest BCUT2D eigenvalue weighted by atomic mass is 9.96. The maximum absolute atomic E-state index is 12.7. The average molecular weight is 424 g/mol. The maximum atomic E-state index is 12.7. The van der Waals surface area contributed by atoms with E-state index in [0.29, 0.717) is 30.2 Å². The zero-order valence-electron chi connectivity index (χ0n) is 17.1. The molecule has 1 aromatic heterocycles. The number of aryl methyl sites for hydroxylation is 1. The highest BCUT2D eigenvalue weighted by Crippen LogP contribution is 2.25. The Morgan fingerprint density at radius 3 is 2.48 bits per heavy atom. The smallest absolute Gasteiger partial charge is 0.257 e. The van der Waals surface area contributed by atoms with Crippen molar-refractivity contribution >= 4 is 21.8 Å². The van der Waals surface area contributed by atoms with Crippen LogP contribution in [0, 0.1) is 6.92 Å². The first-order valence-electron chi connectivity index (χ1n) is 10.1. The van der Waals surface area contributed by atoms with Crippen molar-refractivity contribution in [2.45, 2.75) is 44.9 Å². The van der Waals surface area contributed by atoms with Gasteiger partial charge in [0.05, 0.1) is 24.1 Å². The highest BCUT2D eigenvalue weighted by Gasteiger charge is 2.28. The van der Waals surface area contributed by atoms with Gasteiger partial charge in [0.1, 0.15) is 5.82 Å². The maximum Gasteiger partial charge on any atom is 0.257 e. The lowest BCUT2D eigenvalue weighted by molar-refractivity contribution is -0.131. The molecule has 1 aromatic rings. The van der Waals surface area contributed by atoms with Crippen LogP contribution in [0.1, 0.15) is 59.9 Å². The molecule has 3 heterocycles. The number of hydrogen-bond acceptors (Lipinski definition) is 6. The largest absolute Gasteiger partial charge is 0.341 e. The molecule has 2 fully saturated rings. The van der Waals surface area contributed by atoms with Crippen LogP contribution in [0.4, 0.5) is 0 Å². The monoisotopic (exact) mass is 423 g/mol. The molecule has 2 aliphatic rings. The van der Waals surface area contributed by atoms with Crippen molar-refractivity contribution < 1.29 is 18.0 Å². The fourth-order valence-electron chi connectivity index (χ4n) is 3.88. The standard InChI is InChI=1S/C19H29N5O4S/c1-14-16(19(26)23-8-4-3-5-9-23)11-20-18(22-14)15-7-6-10-24(13-15)17(25)12-21-29(2,27)28/h11,15,21H,3-10,12-13H2,1-2H3/t15-/m0/s1. The summed E-state index contributed by atoms with van der Waals surface area (Å²) in [6.45, 7) is 4.18. The van der Waals surface area contributed by atoms with E-state index in [9.17, 15) is 18.0 Å². The van der Waals surface area contributed by atoms with Crippen molar-refractivity contribution in [3.63, 3.8) is 0 Å². The number of piperidine rings is 2. The lowest BCUT2D eigenvalue weighted by Gasteiger charge is -2.32. The minimum Gasteiger partial charge on any atom is -0.341 e. The molecule has 0 aromatic carbocycles. The van der Waals surface area contributed by atoms with E-state index < -0.39 is 10.0 Å². The lowest BCUT2D eigenvalue weighted by Crippen LogP contribution is -2.44. The molecule has 10 heteroatoms. The summed E-state index contributed by atoms with van der Waals surface area (Å²) in [4.78, 5) is 37.6. The molecule has 160 valence electrons. The molecule has 0 radical (unpaired) electrons. The zero-order valence-corrected chi connectivity index (χ0v) is 17.9. The molecule has 1 N–H and O–H groups in total. The van der Waals surface area contributed by atoms with Gasteiger partial charge < -0.3 is 9.80 Å². The summed E-state index contributed by atoms with van der Waals surface area (Å²) in [5.41, 5.74) is 1.20. The number of nitrogens with one attached hydrogen (secondary N) is 1. The molecule has 0 spiro atoms. The Balaban J connectivity index is 1.66. The number of likely N-dealkylation sites (tertiary alicyclic amines) is 2. The Kier molecular flexibility index (Phi) is 6.84. The van der Waals surface area contributed by atoms with Crippen LogP contribution in [-0.2, 0) is 14.8 Å². The van der Waals surface area contributed by atoms with Crippen LogP contribution in [0.15, 0.2) is 6.20 Å². The number of aromatic nitrogens is 2. The second-order valence-electron chi connectivity index (χ2n) is 7.85. The predicted octanol–water partition coefficient (Wildman–Crippen LogP) is 0.666. The van der Waals surface area contributed by atoms with Crippen molar-refractivity contribution in [2.24, 2.45) is 0 Å².